The first-order chi connectivity index (χ1) is 7.74. The summed E-state index contributed by atoms with van der Waals surface area (Å²) >= 11 is 0. The highest BCUT2D eigenvalue weighted by Gasteiger charge is 2.33. The number of hydrogen-bond acceptors (Lipinski definition) is 4. The molecule has 0 bridgehead atoms. The summed E-state index contributed by atoms with van der Waals surface area (Å²) in [6.07, 6.45) is -3.81. The van der Waals surface area contributed by atoms with Crippen molar-refractivity contribution in [2.24, 2.45) is 5.73 Å². The minimum Gasteiger partial charge on any atom is -0.348 e. The lowest BCUT2D eigenvalue weighted by atomic mass is 10.3. The van der Waals surface area contributed by atoms with Crippen LogP contribution in [0.3, 0.4) is 0 Å². The Morgan fingerprint density at radius 2 is 1.88 bits per heavy atom. The highest BCUT2D eigenvalue weighted by molar-refractivity contribution is 5.26. The zero-order chi connectivity index (χ0) is 13.1. The Bertz CT molecular complexity index is 378. The predicted octanol–water partition coefficient (Wildman–Crippen LogP) is 1.50. The van der Waals surface area contributed by atoms with Gasteiger partial charge >= 0.3 is 6.18 Å². The average Bonchev–Trinajstić information content (AvgIpc) is 2.26. The van der Waals surface area contributed by atoms with Crippen LogP contribution < -0.4 is 11.1 Å². The number of hydrogen-bond donors (Lipinski definition) is 2. The van der Waals surface area contributed by atoms with Crippen molar-refractivity contribution >= 4 is 5.95 Å². The molecule has 0 atom stereocenters. The number of rotatable bonds is 4. The summed E-state index contributed by atoms with van der Waals surface area (Å²) in [7, 11) is 0. The van der Waals surface area contributed by atoms with E-state index in [9.17, 15) is 22.0 Å². The minimum absolute atomic E-state index is 0.520. The van der Waals surface area contributed by atoms with E-state index in [1.165, 1.54) is 0 Å². The fraction of sp³-hybridized carbons (Fsp3) is 0.500. The van der Waals surface area contributed by atoms with E-state index in [1.54, 1.807) is 0 Å². The van der Waals surface area contributed by atoms with Crippen LogP contribution in [0, 0.1) is 0 Å². The molecule has 1 rings (SSSR count). The van der Waals surface area contributed by atoms with Crippen molar-refractivity contribution < 1.29 is 22.0 Å². The molecule has 0 aliphatic heterocycles. The largest absolute Gasteiger partial charge is 0.433 e. The number of nitrogens with two attached hydrogens (primary N) is 1. The average molecular weight is 256 g/mol. The molecule has 0 saturated heterocycles. The molecule has 0 aromatic carbocycles. The number of nitrogens with zero attached hydrogens (tertiary/aromatic N) is 2. The second-order valence-corrected chi connectivity index (χ2v) is 3.18. The molecule has 0 unspecified atom stereocenters. The van der Waals surface area contributed by atoms with Gasteiger partial charge < -0.3 is 11.1 Å². The second-order valence-electron chi connectivity index (χ2n) is 3.18. The van der Waals surface area contributed by atoms with Gasteiger partial charge in [-0.2, -0.15) is 13.2 Å². The molecule has 0 spiro atoms. The van der Waals surface area contributed by atoms with Crippen molar-refractivity contribution in [3.8, 4) is 0 Å². The Morgan fingerprint density at radius 3 is 2.41 bits per heavy atom. The smallest absolute Gasteiger partial charge is 0.348 e. The van der Waals surface area contributed by atoms with Crippen LogP contribution >= 0.6 is 0 Å². The molecule has 17 heavy (non-hydrogen) atoms. The Labute approximate surface area is 93.0 Å². The van der Waals surface area contributed by atoms with E-state index >= 15 is 0 Å². The molecule has 1 aromatic rings. The van der Waals surface area contributed by atoms with Crippen LogP contribution in [-0.2, 0) is 6.18 Å². The molecule has 0 saturated carbocycles. The quantitative estimate of drug-likeness (QED) is 0.801. The normalized spacial score (nSPS) is 12.6. The number of halogens is 5. The van der Waals surface area contributed by atoms with Gasteiger partial charge in [0.1, 0.15) is 5.69 Å². The monoisotopic (exact) mass is 256 g/mol. The zero-order valence-electron chi connectivity index (χ0n) is 8.43. The van der Waals surface area contributed by atoms with Gasteiger partial charge in [0.15, 0.2) is 0 Å². The third kappa shape index (κ3) is 4.10. The maximum absolute atomic E-state index is 12.7. The van der Waals surface area contributed by atoms with Crippen LogP contribution in [0.15, 0.2) is 12.3 Å². The summed E-state index contributed by atoms with van der Waals surface area (Å²) in [5.74, 6) is -3.75. The van der Waals surface area contributed by atoms with Crippen molar-refractivity contribution in [2.75, 3.05) is 18.4 Å². The SMILES string of the molecule is NCC(F)(F)CNc1nccc(C(F)(F)F)n1. The lowest BCUT2D eigenvalue weighted by molar-refractivity contribution is -0.141. The van der Waals surface area contributed by atoms with E-state index in [0.29, 0.717) is 6.07 Å². The predicted molar refractivity (Wildman–Crippen MR) is 49.5 cm³/mol. The van der Waals surface area contributed by atoms with Gasteiger partial charge in [0, 0.05) is 6.20 Å². The number of anilines is 1. The van der Waals surface area contributed by atoms with Crippen molar-refractivity contribution in [3.63, 3.8) is 0 Å². The molecule has 96 valence electrons. The standard InChI is InChI=1S/C8H9F5N4/c9-7(10,3-14)4-16-6-15-2-1-5(17-6)8(11,12)13/h1-2H,3-4,14H2,(H,15,16,17). The summed E-state index contributed by atoms with van der Waals surface area (Å²) < 4.78 is 62.1. The molecule has 0 fully saturated rings. The topological polar surface area (TPSA) is 63.8 Å². The van der Waals surface area contributed by atoms with E-state index in [4.69, 9.17) is 5.73 Å². The Balaban J connectivity index is 2.74. The fourth-order valence-electron chi connectivity index (χ4n) is 0.882. The molecule has 1 heterocycles. The first-order valence-corrected chi connectivity index (χ1v) is 4.46. The lowest BCUT2D eigenvalue weighted by Gasteiger charge is -2.14. The van der Waals surface area contributed by atoms with Gasteiger partial charge in [-0.05, 0) is 6.07 Å². The number of nitrogens with one attached hydrogen (secondary N) is 1. The van der Waals surface area contributed by atoms with Crippen LogP contribution in [0.1, 0.15) is 5.69 Å². The van der Waals surface area contributed by atoms with E-state index in [0.717, 1.165) is 6.20 Å². The van der Waals surface area contributed by atoms with Crippen molar-refractivity contribution in [3.05, 3.63) is 18.0 Å². The molecular weight excluding hydrogens is 247 g/mol. The van der Waals surface area contributed by atoms with Crippen LogP contribution in [0.2, 0.25) is 0 Å². The molecule has 0 aliphatic carbocycles. The van der Waals surface area contributed by atoms with Gasteiger partial charge in [-0.1, -0.05) is 0 Å². The van der Waals surface area contributed by atoms with Gasteiger partial charge in [-0.25, -0.2) is 18.7 Å². The molecule has 0 radical (unpaired) electrons. The molecule has 3 N–H and O–H groups in total. The molecule has 9 heteroatoms. The molecule has 0 aliphatic rings. The number of alkyl halides is 5. The van der Waals surface area contributed by atoms with Gasteiger partial charge in [0.2, 0.25) is 5.95 Å². The van der Waals surface area contributed by atoms with Crippen molar-refractivity contribution in [1.29, 1.82) is 0 Å². The van der Waals surface area contributed by atoms with Crippen LogP contribution in [-0.4, -0.2) is 29.0 Å². The van der Waals surface area contributed by atoms with Crippen LogP contribution in [0.25, 0.3) is 0 Å². The first-order valence-electron chi connectivity index (χ1n) is 4.46. The fourth-order valence-corrected chi connectivity index (χ4v) is 0.882. The summed E-state index contributed by atoms with van der Waals surface area (Å²) in [5, 5.41) is 2.00. The highest BCUT2D eigenvalue weighted by Crippen LogP contribution is 2.27. The van der Waals surface area contributed by atoms with Gasteiger partial charge in [-0.15, -0.1) is 0 Å². The van der Waals surface area contributed by atoms with Crippen LogP contribution in [0.5, 0.6) is 0 Å². The maximum atomic E-state index is 12.7. The minimum atomic E-state index is -4.64. The third-order valence-corrected chi connectivity index (χ3v) is 1.75. The highest BCUT2D eigenvalue weighted by atomic mass is 19.4. The first kappa shape index (κ1) is 13.6. The van der Waals surface area contributed by atoms with E-state index in [-0.39, 0.29) is 0 Å². The van der Waals surface area contributed by atoms with Gasteiger partial charge in [-0.3, -0.25) is 0 Å². The summed E-state index contributed by atoms with van der Waals surface area (Å²) in [6.45, 7) is -1.84. The third-order valence-electron chi connectivity index (χ3n) is 1.75. The summed E-state index contributed by atoms with van der Waals surface area (Å²) in [4.78, 5) is 6.45. The number of aromatic nitrogens is 2. The second kappa shape index (κ2) is 4.78. The molecular formula is C8H9F5N4. The Morgan fingerprint density at radius 1 is 1.24 bits per heavy atom. The van der Waals surface area contributed by atoms with Crippen molar-refractivity contribution in [1.82, 2.24) is 9.97 Å². The lowest BCUT2D eigenvalue weighted by Crippen LogP contribution is -2.35. The van der Waals surface area contributed by atoms with Gasteiger partial charge in [0.05, 0.1) is 13.1 Å². The van der Waals surface area contributed by atoms with Crippen LogP contribution in [0.4, 0.5) is 27.9 Å². The van der Waals surface area contributed by atoms with Gasteiger partial charge in [0.25, 0.3) is 5.92 Å². The summed E-state index contributed by atoms with van der Waals surface area (Å²) in [5.41, 5.74) is 3.56. The molecule has 4 nitrogen and oxygen atoms in total. The van der Waals surface area contributed by atoms with Crippen molar-refractivity contribution in [2.45, 2.75) is 12.1 Å². The molecule has 1 aromatic heterocycles. The molecule has 0 amide bonds. The maximum Gasteiger partial charge on any atom is 0.433 e. The Kier molecular flexibility index (Phi) is 3.81. The Hall–Kier alpha value is -1.51. The van der Waals surface area contributed by atoms with E-state index in [1.807, 2.05) is 5.32 Å². The van der Waals surface area contributed by atoms with E-state index < -0.39 is 36.8 Å². The zero-order valence-corrected chi connectivity index (χ0v) is 8.43. The summed E-state index contributed by atoms with van der Waals surface area (Å²) in [6, 6.07) is 0.645. The van der Waals surface area contributed by atoms with E-state index in [2.05, 4.69) is 9.97 Å².